The first-order valence-electron chi connectivity index (χ1n) is 6.66. The Labute approximate surface area is 99.8 Å². The maximum absolute atomic E-state index is 3.75. The molecule has 2 atom stereocenters. The second-order valence-corrected chi connectivity index (χ2v) is 5.98. The molecule has 2 heteroatoms. The summed E-state index contributed by atoms with van der Waals surface area (Å²) < 4.78 is 0. The van der Waals surface area contributed by atoms with Crippen molar-refractivity contribution in [1.82, 2.24) is 5.32 Å². The van der Waals surface area contributed by atoms with Crippen molar-refractivity contribution in [2.24, 2.45) is 0 Å². The molecule has 1 aliphatic heterocycles. The van der Waals surface area contributed by atoms with E-state index in [0.29, 0.717) is 0 Å². The second-order valence-electron chi connectivity index (χ2n) is 4.83. The summed E-state index contributed by atoms with van der Waals surface area (Å²) in [4.78, 5) is 0. The normalized spacial score (nSPS) is 23.2. The first-order chi connectivity index (χ1) is 7.33. The molecule has 0 spiro atoms. The average Bonchev–Trinajstić information content (AvgIpc) is 2.70. The van der Waals surface area contributed by atoms with Crippen LogP contribution in [0.5, 0.6) is 0 Å². The van der Waals surface area contributed by atoms with Crippen LogP contribution in [0.1, 0.15) is 58.8 Å². The first kappa shape index (κ1) is 13.4. The van der Waals surface area contributed by atoms with Gasteiger partial charge in [-0.05, 0) is 25.5 Å². The Bertz CT molecular complexity index is 143. The highest BCUT2D eigenvalue weighted by molar-refractivity contribution is 7.99. The summed E-state index contributed by atoms with van der Waals surface area (Å²) in [6, 6.07) is 1.54. The summed E-state index contributed by atoms with van der Waals surface area (Å²) in [7, 11) is 0. The third-order valence-corrected chi connectivity index (χ3v) is 4.35. The Hall–Kier alpha value is 0.310. The molecule has 1 fully saturated rings. The molecule has 1 N–H and O–H groups in total. The number of thioether (sulfide) groups is 1. The zero-order chi connectivity index (χ0) is 10.9. The zero-order valence-corrected chi connectivity index (χ0v) is 11.2. The van der Waals surface area contributed by atoms with E-state index in [1.54, 1.807) is 0 Å². The fraction of sp³-hybridized carbons (Fsp3) is 1.00. The lowest BCUT2D eigenvalue weighted by molar-refractivity contribution is 0.433. The van der Waals surface area contributed by atoms with Gasteiger partial charge >= 0.3 is 0 Å². The summed E-state index contributed by atoms with van der Waals surface area (Å²) in [6.45, 7) is 4.63. The molecule has 0 aromatic carbocycles. The Balaban J connectivity index is 1.91. The standard InChI is InChI=1S/C13H27NS/c1-3-4-5-6-7-8-12(2)14-13-9-10-15-11-13/h12-14H,3-11H2,1-2H3. The highest BCUT2D eigenvalue weighted by Gasteiger charge is 2.16. The SMILES string of the molecule is CCCCCCCC(C)NC1CCSC1. The highest BCUT2D eigenvalue weighted by atomic mass is 32.2. The minimum absolute atomic E-state index is 0.732. The molecule has 1 nitrogen and oxygen atoms in total. The van der Waals surface area contributed by atoms with Crippen LogP contribution in [0.2, 0.25) is 0 Å². The van der Waals surface area contributed by atoms with Gasteiger partial charge in [-0.15, -0.1) is 0 Å². The van der Waals surface area contributed by atoms with E-state index in [1.165, 1.54) is 56.5 Å². The van der Waals surface area contributed by atoms with Gasteiger partial charge in [-0.1, -0.05) is 39.0 Å². The van der Waals surface area contributed by atoms with Gasteiger partial charge in [0, 0.05) is 17.8 Å². The molecular weight excluding hydrogens is 202 g/mol. The summed E-state index contributed by atoms with van der Waals surface area (Å²) in [5.41, 5.74) is 0. The fourth-order valence-electron chi connectivity index (χ4n) is 2.21. The van der Waals surface area contributed by atoms with Crippen molar-refractivity contribution in [3.63, 3.8) is 0 Å². The smallest absolute Gasteiger partial charge is 0.0168 e. The molecule has 0 aromatic heterocycles. The molecule has 90 valence electrons. The number of nitrogens with one attached hydrogen (secondary N) is 1. The van der Waals surface area contributed by atoms with Crippen molar-refractivity contribution in [3.8, 4) is 0 Å². The van der Waals surface area contributed by atoms with Crippen LogP contribution in [0.15, 0.2) is 0 Å². The molecule has 1 heterocycles. The van der Waals surface area contributed by atoms with E-state index in [-0.39, 0.29) is 0 Å². The highest BCUT2D eigenvalue weighted by Crippen LogP contribution is 2.18. The van der Waals surface area contributed by atoms with Gasteiger partial charge in [-0.3, -0.25) is 0 Å². The van der Waals surface area contributed by atoms with E-state index in [0.717, 1.165) is 12.1 Å². The van der Waals surface area contributed by atoms with E-state index in [9.17, 15) is 0 Å². The summed E-state index contributed by atoms with van der Waals surface area (Å²) in [5.74, 6) is 2.70. The van der Waals surface area contributed by atoms with E-state index in [2.05, 4.69) is 30.9 Å². The Morgan fingerprint density at radius 3 is 2.73 bits per heavy atom. The number of hydrogen-bond donors (Lipinski definition) is 1. The van der Waals surface area contributed by atoms with Crippen LogP contribution in [-0.2, 0) is 0 Å². The maximum Gasteiger partial charge on any atom is 0.0168 e. The van der Waals surface area contributed by atoms with Crippen molar-refractivity contribution in [3.05, 3.63) is 0 Å². The van der Waals surface area contributed by atoms with Crippen LogP contribution in [0.25, 0.3) is 0 Å². The topological polar surface area (TPSA) is 12.0 Å². The number of rotatable bonds is 8. The number of unbranched alkanes of at least 4 members (excludes halogenated alkanes) is 4. The predicted octanol–water partition coefficient (Wildman–Crippen LogP) is 3.83. The van der Waals surface area contributed by atoms with Crippen LogP contribution < -0.4 is 5.32 Å². The van der Waals surface area contributed by atoms with Gasteiger partial charge in [0.25, 0.3) is 0 Å². The molecule has 0 radical (unpaired) electrons. The lowest BCUT2D eigenvalue weighted by Crippen LogP contribution is -2.36. The minimum atomic E-state index is 0.732. The van der Waals surface area contributed by atoms with E-state index < -0.39 is 0 Å². The monoisotopic (exact) mass is 229 g/mol. The van der Waals surface area contributed by atoms with Gasteiger partial charge in [-0.25, -0.2) is 0 Å². The molecule has 0 aromatic rings. The average molecular weight is 229 g/mol. The first-order valence-corrected chi connectivity index (χ1v) is 7.82. The van der Waals surface area contributed by atoms with E-state index in [4.69, 9.17) is 0 Å². The molecule has 0 aliphatic carbocycles. The Kier molecular flexibility index (Phi) is 7.54. The largest absolute Gasteiger partial charge is 0.311 e. The molecule has 0 bridgehead atoms. The van der Waals surface area contributed by atoms with Crippen molar-refractivity contribution >= 4 is 11.8 Å². The molecule has 1 rings (SSSR count). The maximum atomic E-state index is 3.75. The summed E-state index contributed by atoms with van der Waals surface area (Å²) >= 11 is 2.10. The molecule has 1 saturated heterocycles. The number of hydrogen-bond acceptors (Lipinski definition) is 2. The van der Waals surface area contributed by atoms with Crippen LogP contribution >= 0.6 is 11.8 Å². The second kappa shape index (κ2) is 8.46. The van der Waals surface area contributed by atoms with Gasteiger partial charge in [0.1, 0.15) is 0 Å². The molecule has 15 heavy (non-hydrogen) atoms. The van der Waals surface area contributed by atoms with E-state index >= 15 is 0 Å². The van der Waals surface area contributed by atoms with Gasteiger partial charge in [0.2, 0.25) is 0 Å². The Morgan fingerprint density at radius 1 is 1.27 bits per heavy atom. The van der Waals surface area contributed by atoms with Crippen molar-refractivity contribution in [2.45, 2.75) is 70.9 Å². The Morgan fingerprint density at radius 2 is 2.07 bits per heavy atom. The van der Waals surface area contributed by atoms with E-state index in [1.807, 2.05) is 0 Å². The van der Waals surface area contributed by atoms with Crippen molar-refractivity contribution in [1.29, 1.82) is 0 Å². The van der Waals surface area contributed by atoms with Gasteiger partial charge in [0.15, 0.2) is 0 Å². The quantitative estimate of drug-likeness (QED) is 0.635. The lowest BCUT2D eigenvalue weighted by Gasteiger charge is -2.18. The zero-order valence-electron chi connectivity index (χ0n) is 10.4. The lowest BCUT2D eigenvalue weighted by atomic mass is 10.1. The molecule has 0 saturated carbocycles. The van der Waals surface area contributed by atoms with Gasteiger partial charge in [-0.2, -0.15) is 11.8 Å². The molecule has 0 amide bonds. The molecular formula is C13H27NS. The third-order valence-electron chi connectivity index (χ3n) is 3.19. The van der Waals surface area contributed by atoms with Crippen LogP contribution in [0.4, 0.5) is 0 Å². The van der Waals surface area contributed by atoms with Crippen LogP contribution in [0, 0.1) is 0 Å². The van der Waals surface area contributed by atoms with Crippen molar-refractivity contribution < 1.29 is 0 Å². The predicted molar refractivity (Wildman–Crippen MR) is 71.7 cm³/mol. The minimum Gasteiger partial charge on any atom is -0.311 e. The fourth-order valence-corrected chi connectivity index (χ4v) is 3.37. The molecule has 1 aliphatic rings. The molecule has 2 unspecified atom stereocenters. The van der Waals surface area contributed by atoms with Gasteiger partial charge < -0.3 is 5.32 Å². The summed E-state index contributed by atoms with van der Waals surface area (Å²) in [5, 5.41) is 3.75. The van der Waals surface area contributed by atoms with Gasteiger partial charge in [0.05, 0.1) is 0 Å². The third kappa shape index (κ3) is 6.47. The van der Waals surface area contributed by atoms with Crippen LogP contribution in [-0.4, -0.2) is 23.6 Å². The van der Waals surface area contributed by atoms with Crippen LogP contribution in [0.3, 0.4) is 0 Å². The van der Waals surface area contributed by atoms with Crippen molar-refractivity contribution in [2.75, 3.05) is 11.5 Å². The summed E-state index contributed by atoms with van der Waals surface area (Å²) in [6.07, 6.45) is 9.79.